The number of aromatic nitrogens is 2. The Morgan fingerprint density at radius 2 is 2.29 bits per heavy atom. The fourth-order valence-corrected chi connectivity index (χ4v) is 2.32. The van der Waals surface area contributed by atoms with Crippen LogP contribution in [0.2, 0.25) is 0 Å². The highest BCUT2D eigenvalue weighted by Crippen LogP contribution is 2.13. The van der Waals surface area contributed by atoms with Crippen molar-refractivity contribution in [3.05, 3.63) is 52.6 Å². The first-order valence-corrected chi connectivity index (χ1v) is 7.23. The van der Waals surface area contributed by atoms with E-state index < -0.39 is 5.69 Å². The number of nitrogens with one attached hydrogen (secondary N) is 2. The van der Waals surface area contributed by atoms with Crippen LogP contribution in [0.4, 0.5) is 0 Å². The van der Waals surface area contributed by atoms with Crippen LogP contribution in [0.15, 0.2) is 46.3 Å². The van der Waals surface area contributed by atoms with Gasteiger partial charge in [-0.25, -0.2) is 9.78 Å². The summed E-state index contributed by atoms with van der Waals surface area (Å²) in [6, 6.07) is 9.16. The van der Waals surface area contributed by atoms with Gasteiger partial charge in [0.1, 0.15) is 5.75 Å². The fourth-order valence-electron chi connectivity index (χ4n) is 1.61. The van der Waals surface area contributed by atoms with Crippen LogP contribution in [0.1, 0.15) is 5.56 Å². The van der Waals surface area contributed by atoms with E-state index in [-0.39, 0.29) is 11.7 Å². The van der Waals surface area contributed by atoms with E-state index >= 15 is 0 Å². The van der Waals surface area contributed by atoms with Gasteiger partial charge in [0, 0.05) is 12.7 Å². The van der Waals surface area contributed by atoms with Gasteiger partial charge in [0.25, 0.3) is 0 Å². The van der Waals surface area contributed by atoms with Crippen LogP contribution in [0, 0.1) is 0 Å². The van der Waals surface area contributed by atoms with E-state index in [0.717, 1.165) is 11.3 Å². The number of thioether (sulfide) groups is 1. The van der Waals surface area contributed by atoms with Crippen molar-refractivity contribution >= 4 is 17.7 Å². The molecule has 0 aliphatic carbocycles. The largest absolute Gasteiger partial charge is 0.497 e. The molecule has 0 fully saturated rings. The Labute approximate surface area is 125 Å². The van der Waals surface area contributed by atoms with Gasteiger partial charge in [-0.2, -0.15) is 0 Å². The number of H-pyrrole nitrogens is 1. The number of benzene rings is 1. The van der Waals surface area contributed by atoms with Crippen LogP contribution in [0.3, 0.4) is 0 Å². The van der Waals surface area contributed by atoms with Gasteiger partial charge in [0.2, 0.25) is 5.91 Å². The van der Waals surface area contributed by atoms with Crippen molar-refractivity contribution in [2.75, 3.05) is 12.9 Å². The van der Waals surface area contributed by atoms with Crippen LogP contribution in [-0.2, 0) is 11.3 Å². The molecule has 2 rings (SSSR count). The molecule has 1 heterocycles. The normalized spacial score (nSPS) is 10.1. The molecule has 1 aromatic carbocycles. The lowest BCUT2D eigenvalue weighted by molar-refractivity contribution is -0.118. The van der Waals surface area contributed by atoms with Gasteiger partial charge in [0.05, 0.1) is 17.9 Å². The Morgan fingerprint density at radius 1 is 1.43 bits per heavy atom. The number of aromatic amines is 1. The molecule has 0 aliphatic heterocycles. The molecule has 0 saturated heterocycles. The zero-order chi connectivity index (χ0) is 15.1. The molecule has 1 aromatic heterocycles. The first-order chi connectivity index (χ1) is 10.2. The Balaban J connectivity index is 1.80. The molecule has 110 valence electrons. The summed E-state index contributed by atoms with van der Waals surface area (Å²) in [6.07, 6.45) is 1.41. The van der Waals surface area contributed by atoms with E-state index in [1.165, 1.54) is 18.0 Å². The van der Waals surface area contributed by atoms with E-state index in [4.69, 9.17) is 4.74 Å². The number of ether oxygens (including phenoxy) is 1. The number of carbonyl (C=O) groups is 1. The lowest BCUT2D eigenvalue weighted by atomic mass is 10.2. The molecule has 21 heavy (non-hydrogen) atoms. The van der Waals surface area contributed by atoms with Gasteiger partial charge in [-0.3, -0.25) is 4.79 Å². The number of hydrogen-bond acceptors (Lipinski definition) is 5. The highest BCUT2D eigenvalue weighted by Gasteiger charge is 2.04. The Bertz CT molecular complexity index is 672. The predicted octanol–water partition coefficient (Wildman–Crippen LogP) is 1.19. The van der Waals surface area contributed by atoms with Crippen LogP contribution < -0.4 is 15.7 Å². The molecule has 0 aliphatic rings. The molecule has 7 heteroatoms. The zero-order valence-electron chi connectivity index (χ0n) is 11.5. The number of carbonyl (C=O) groups excluding carboxylic acids is 1. The Morgan fingerprint density at radius 3 is 3.05 bits per heavy atom. The molecule has 0 saturated carbocycles. The summed E-state index contributed by atoms with van der Waals surface area (Å²) < 4.78 is 5.12. The lowest BCUT2D eigenvalue weighted by Crippen LogP contribution is -2.24. The maximum absolute atomic E-state index is 11.8. The quantitative estimate of drug-likeness (QED) is 0.618. The third kappa shape index (κ3) is 4.96. The van der Waals surface area contributed by atoms with E-state index in [0.29, 0.717) is 11.6 Å². The van der Waals surface area contributed by atoms with Crippen molar-refractivity contribution in [3.8, 4) is 5.75 Å². The van der Waals surface area contributed by atoms with Crippen molar-refractivity contribution in [2.24, 2.45) is 0 Å². The van der Waals surface area contributed by atoms with Gasteiger partial charge in [-0.05, 0) is 23.8 Å². The highest BCUT2D eigenvalue weighted by atomic mass is 32.2. The Hall–Kier alpha value is -2.28. The summed E-state index contributed by atoms with van der Waals surface area (Å²) in [5.41, 5.74) is 0.543. The van der Waals surface area contributed by atoms with Gasteiger partial charge in [-0.15, -0.1) is 0 Å². The minimum atomic E-state index is -0.420. The maximum atomic E-state index is 11.8. The smallest absolute Gasteiger partial charge is 0.345 e. The van der Waals surface area contributed by atoms with Crippen molar-refractivity contribution in [3.63, 3.8) is 0 Å². The minimum absolute atomic E-state index is 0.111. The second kappa shape index (κ2) is 7.49. The molecule has 1 amide bonds. The van der Waals surface area contributed by atoms with Gasteiger partial charge >= 0.3 is 5.69 Å². The number of nitrogens with zero attached hydrogens (tertiary/aromatic N) is 1. The zero-order valence-corrected chi connectivity index (χ0v) is 12.3. The second-order valence-corrected chi connectivity index (χ2v) is 5.17. The van der Waals surface area contributed by atoms with E-state index in [2.05, 4.69) is 15.3 Å². The molecule has 0 unspecified atom stereocenters. The van der Waals surface area contributed by atoms with Gasteiger partial charge in [0.15, 0.2) is 0 Å². The molecule has 6 nitrogen and oxygen atoms in total. The van der Waals surface area contributed by atoms with Crippen LogP contribution in [0.25, 0.3) is 0 Å². The van der Waals surface area contributed by atoms with Crippen molar-refractivity contribution in [1.29, 1.82) is 0 Å². The lowest BCUT2D eigenvalue weighted by Gasteiger charge is -2.06. The summed E-state index contributed by atoms with van der Waals surface area (Å²) >= 11 is 1.25. The summed E-state index contributed by atoms with van der Waals surface area (Å²) in [6.45, 7) is 0.434. The number of hydrogen-bond donors (Lipinski definition) is 2. The van der Waals surface area contributed by atoms with E-state index in [1.54, 1.807) is 13.2 Å². The fraction of sp³-hybridized carbons (Fsp3) is 0.214. The number of rotatable bonds is 6. The molecule has 2 N–H and O–H groups in total. The van der Waals surface area contributed by atoms with Gasteiger partial charge < -0.3 is 15.0 Å². The molecule has 0 atom stereocenters. The molecule has 2 aromatic rings. The SMILES string of the molecule is COc1cccc(CNC(=O)CSc2ccnc(=O)[nH]2)c1. The van der Waals surface area contributed by atoms with Crippen LogP contribution in [0.5, 0.6) is 5.75 Å². The van der Waals surface area contributed by atoms with Gasteiger partial charge in [-0.1, -0.05) is 23.9 Å². The summed E-state index contributed by atoms with van der Waals surface area (Å²) in [7, 11) is 1.60. The average Bonchev–Trinajstić information content (AvgIpc) is 2.51. The van der Waals surface area contributed by atoms with E-state index in [9.17, 15) is 9.59 Å². The first kappa shape index (κ1) is 15.1. The van der Waals surface area contributed by atoms with Crippen LogP contribution >= 0.6 is 11.8 Å². The van der Waals surface area contributed by atoms with Crippen molar-refractivity contribution in [2.45, 2.75) is 11.6 Å². The third-order valence-corrected chi connectivity index (χ3v) is 3.59. The number of methoxy groups -OCH3 is 1. The monoisotopic (exact) mass is 305 g/mol. The molecule has 0 spiro atoms. The Kier molecular flexibility index (Phi) is 5.39. The summed E-state index contributed by atoms with van der Waals surface area (Å²) in [4.78, 5) is 28.8. The van der Waals surface area contributed by atoms with Crippen molar-refractivity contribution < 1.29 is 9.53 Å². The maximum Gasteiger partial charge on any atom is 0.345 e. The first-order valence-electron chi connectivity index (χ1n) is 6.25. The molecule has 0 bridgehead atoms. The van der Waals surface area contributed by atoms with E-state index in [1.807, 2.05) is 24.3 Å². The minimum Gasteiger partial charge on any atom is -0.497 e. The predicted molar refractivity (Wildman–Crippen MR) is 80.4 cm³/mol. The molecular weight excluding hydrogens is 290 g/mol. The second-order valence-electron chi connectivity index (χ2n) is 4.16. The standard InChI is InChI=1S/C14H15N3O3S/c1-20-11-4-2-3-10(7-11)8-16-12(18)9-21-13-5-6-15-14(19)17-13/h2-7H,8-9H2,1H3,(H,16,18)(H,15,17,19). The van der Waals surface area contributed by atoms with Crippen molar-refractivity contribution in [1.82, 2.24) is 15.3 Å². The molecule has 0 radical (unpaired) electrons. The molecular formula is C14H15N3O3S. The average molecular weight is 305 g/mol. The summed E-state index contributed by atoms with van der Waals surface area (Å²) in [5.74, 6) is 0.871. The topological polar surface area (TPSA) is 84.1 Å². The third-order valence-electron chi connectivity index (χ3n) is 2.63. The number of amides is 1. The summed E-state index contributed by atoms with van der Waals surface area (Å²) in [5, 5.41) is 3.43. The van der Waals surface area contributed by atoms with Crippen LogP contribution in [-0.4, -0.2) is 28.7 Å². The highest BCUT2D eigenvalue weighted by molar-refractivity contribution is 7.99.